The molecule has 0 aromatic carbocycles. The van der Waals surface area contributed by atoms with Gasteiger partial charge in [0.1, 0.15) is 0 Å². The van der Waals surface area contributed by atoms with Gasteiger partial charge in [-0.1, -0.05) is 19.3 Å². The molecule has 0 radical (unpaired) electrons. The molecule has 1 saturated carbocycles. The van der Waals surface area contributed by atoms with Crippen LogP contribution in [0.5, 0.6) is 0 Å². The van der Waals surface area contributed by atoms with Crippen molar-refractivity contribution in [1.29, 1.82) is 0 Å². The fraction of sp³-hybridized carbons (Fsp3) is 0.875. The first-order valence-corrected chi connectivity index (χ1v) is 3.91. The highest BCUT2D eigenvalue weighted by Crippen LogP contribution is 2.28. The molecule has 0 aromatic rings. The lowest BCUT2D eigenvalue weighted by molar-refractivity contribution is 0.329. The predicted molar refractivity (Wildman–Crippen MR) is 41.0 cm³/mol. The second-order valence-electron chi connectivity index (χ2n) is 2.71. The first-order chi connectivity index (χ1) is 4.43. The Hall–Kier alpha value is -0.330. The van der Waals surface area contributed by atoms with E-state index in [1.165, 1.54) is 25.7 Å². The van der Waals surface area contributed by atoms with Crippen molar-refractivity contribution in [2.45, 2.75) is 32.6 Å². The van der Waals surface area contributed by atoms with E-state index >= 15 is 0 Å². The van der Waals surface area contributed by atoms with Crippen molar-refractivity contribution in [3.63, 3.8) is 0 Å². The number of rotatable bonds is 3. The van der Waals surface area contributed by atoms with Crippen LogP contribution in [0.25, 0.3) is 0 Å². The van der Waals surface area contributed by atoms with Crippen LogP contribution in [-0.4, -0.2) is 12.8 Å². The van der Waals surface area contributed by atoms with E-state index in [4.69, 9.17) is 0 Å². The minimum atomic E-state index is 0.951. The summed E-state index contributed by atoms with van der Waals surface area (Å²) in [6.45, 7) is 3.03. The van der Waals surface area contributed by atoms with Crippen molar-refractivity contribution in [1.82, 2.24) is 0 Å². The molecule has 52 valence electrons. The highest BCUT2D eigenvalue weighted by molar-refractivity contribution is 5.57. The Bertz CT molecular complexity index is 92.7. The molecule has 9 heavy (non-hydrogen) atoms. The zero-order valence-electron chi connectivity index (χ0n) is 6.14. The maximum atomic E-state index is 4.17. The van der Waals surface area contributed by atoms with E-state index < -0.39 is 0 Å². The van der Waals surface area contributed by atoms with Crippen LogP contribution in [-0.2, 0) is 0 Å². The van der Waals surface area contributed by atoms with Gasteiger partial charge < -0.3 is 0 Å². The van der Waals surface area contributed by atoms with Gasteiger partial charge in [0.2, 0.25) is 0 Å². The molecular weight excluding hydrogens is 110 g/mol. The van der Waals surface area contributed by atoms with Gasteiger partial charge in [0.05, 0.1) is 0 Å². The van der Waals surface area contributed by atoms with Gasteiger partial charge in [-0.15, -0.1) is 0 Å². The van der Waals surface area contributed by atoms with Crippen molar-refractivity contribution in [3.05, 3.63) is 0 Å². The standard InChI is InChI=1S/C8H15N/c1-2-9-7-6-8-4-3-5-8/h7-8H,2-6H2,1H3. The lowest BCUT2D eigenvalue weighted by Gasteiger charge is -2.23. The lowest BCUT2D eigenvalue weighted by Crippen LogP contribution is -2.10. The average molecular weight is 125 g/mol. The van der Waals surface area contributed by atoms with Crippen LogP contribution in [0.3, 0.4) is 0 Å². The number of hydrogen-bond acceptors (Lipinski definition) is 1. The zero-order chi connectivity index (χ0) is 6.53. The van der Waals surface area contributed by atoms with Crippen LogP contribution in [0.4, 0.5) is 0 Å². The summed E-state index contributed by atoms with van der Waals surface area (Å²) in [5.74, 6) is 0.986. The van der Waals surface area contributed by atoms with Gasteiger partial charge in [-0.2, -0.15) is 0 Å². The van der Waals surface area contributed by atoms with Crippen molar-refractivity contribution in [2.24, 2.45) is 10.9 Å². The Labute approximate surface area is 57.2 Å². The normalized spacial score (nSPS) is 20.6. The van der Waals surface area contributed by atoms with Gasteiger partial charge in [0.25, 0.3) is 0 Å². The van der Waals surface area contributed by atoms with Gasteiger partial charge in [-0.3, -0.25) is 4.99 Å². The molecule has 0 N–H and O–H groups in total. The highest BCUT2D eigenvalue weighted by atomic mass is 14.7. The highest BCUT2D eigenvalue weighted by Gasteiger charge is 2.14. The number of nitrogens with zero attached hydrogens (tertiary/aromatic N) is 1. The summed E-state index contributed by atoms with van der Waals surface area (Å²) >= 11 is 0. The molecule has 0 aliphatic heterocycles. The molecule has 1 aliphatic carbocycles. The molecule has 0 amide bonds. The van der Waals surface area contributed by atoms with E-state index in [0.29, 0.717) is 0 Å². The fourth-order valence-corrected chi connectivity index (χ4v) is 1.08. The van der Waals surface area contributed by atoms with Crippen LogP contribution in [0, 0.1) is 5.92 Å². The second kappa shape index (κ2) is 3.65. The number of hydrogen-bond donors (Lipinski definition) is 0. The maximum Gasteiger partial charge on any atom is 0.0357 e. The average Bonchev–Trinajstić information content (AvgIpc) is 1.76. The summed E-state index contributed by atoms with van der Waals surface area (Å²) in [4.78, 5) is 4.17. The molecule has 0 saturated heterocycles. The molecule has 0 unspecified atom stereocenters. The van der Waals surface area contributed by atoms with Crippen molar-refractivity contribution < 1.29 is 0 Å². The molecule has 1 rings (SSSR count). The summed E-state index contributed by atoms with van der Waals surface area (Å²) in [6, 6.07) is 0. The van der Waals surface area contributed by atoms with Crippen LogP contribution < -0.4 is 0 Å². The monoisotopic (exact) mass is 125 g/mol. The zero-order valence-corrected chi connectivity index (χ0v) is 6.14. The maximum absolute atomic E-state index is 4.17. The van der Waals surface area contributed by atoms with E-state index in [1.54, 1.807) is 0 Å². The van der Waals surface area contributed by atoms with E-state index in [2.05, 4.69) is 18.1 Å². The summed E-state index contributed by atoms with van der Waals surface area (Å²) in [7, 11) is 0. The molecule has 1 fully saturated rings. The van der Waals surface area contributed by atoms with Gasteiger partial charge in [0, 0.05) is 6.54 Å². The molecular formula is C8H15N. The minimum Gasteiger partial charge on any atom is -0.298 e. The van der Waals surface area contributed by atoms with Crippen molar-refractivity contribution in [2.75, 3.05) is 6.54 Å². The fourth-order valence-electron chi connectivity index (χ4n) is 1.08. The van der Waals surface area contributed by atoms with E-state index in [9.17, 15) is 0 Å². The third kappa shape index (κ3) is 2.17. The quantitative estimate of drug-likeness (QED) is 0.513. The Kier molecular flexibility index (Phi) is 2.75. The van der Waals surface area contributed by atoms with Crippen molar-refractivity contribution in [3.8, 4) is 0 Å². The topological polar surface area (TPSA) is 12.4 Å². The van der Waals surface area contributed by atoms with Crippen LogP contribution in [0.15, 0.2) is 4.99 Å². The Morgan fingerprint density at radius 2 is 2.33 bits per heavy atom. The van der Waals surface area contributed by atoms with Crippen LogP contribution in [0.1, 0.15) is 32.6 Å². The van der Waals surface area contributed by atoms with Crippen LogP contribution >= 0.6 is 0 Å². The molecule has 0 bridgehead atoms. The largest absolute Gasteiger partial charge is 0.298 e. The second-order valence-corrected chi connectivity index (χ2v) is 2.71. The first-order valence-electron chi connectivity index (χ1n) is 3.91. The molecule has 1 aliphatic rings. The molecule has 0 heterocycles. The van der Waals surface area contributed by atoms with E-state index in [1.807, 2.05) is 0 Å². The van der Waals surface area contributed by atoms with Gasteiger partial charge in [0.15, 0.2) is 0 Å². The Morgan fingerprint density at radius 1 is 1.56 bits per heavy atom. The first kappa shape index (κ1) is 6.79. The minimum absolute atomic E-state index is 0.951. The summed E-state index contributed by atoms with van der Waals surface area (Å²) < 4.78 is 0. The molecule has 0 aromatic heterocycles. The summed E-state index contributed by atoms with van der Waals surface area (Å²) in [5, 5.41) is 0. The predicted octanol–water partition coefficient (Wildman–Crippen LogP) is 2.27. The SMILES string of the molecule is CCN=CCC1CCC1. The van der Waals surface area contributed by atoms with E-state index in [0.717, 1.165) is 12.5 Å². The summed E-state index contributed by atoms with van der Waals surface area (Å²) in [6.07, 6.45) is 7.65. The van der Waals surface area contributed by atoms with Crippen molar-refractivity contribution >= 4 is 6.21 Å². The third-order valence-electron chi connectivity index (χ3n) is 1.98. The van der Waals surface area contributed by atoms with Gasteiger partial charge in [-0.25, -0.2) is 0 Å². The van der Waals surface area contributed by atoms with Gasteiger partial charge in [-0.05, 0) is 25.5 Å². The van der Waals surface area contributed by atoms with Gasteiger partial charge >= 0.3 is 0 Å². The Balaban J connectivity index is 1.97. The van der Waals surface area contributed by atoms with E-state index in [-0.39, 0.29) is 0 Å². The summed E-state index contributed by atoms with van der Waals surface area (Å²) in [5.41, 5.74) is 0. The number of aliphatic imine (C=N–C) groups is 1. The smallest absolute Gasteiger partial charge is 0.0357 e. The molecule has 0 atom stereocenters. The third-order valence-corrected chi connectivity index (χ3v) is 1.98. The molecule has 1 nitrogen and oxygen atoms in total. The lowest BCUT2D eigenvalue weighted by atomic mass is 9.83. The Morgan fingerprint density at radius 3 is 2.78 bits per heavy atom. The molecule has 0 spiro atoms. The molecule has 1 heteroatoms. The van der Waals surface area contributed by atoms with Crippen LogP contribution in [0.2, 0.25) is 0 Å².